The maximum absolute atomic E-state index is 13.5. The molecule has 0 aliphatic heterocycles. The van der Waals surface area contributed by atoms with E-state index in [1.807, 2.05) is 0 Å². The van der Waals surface area contributed by atoms with E-state index in [4.69, 9.17) is 0 Å². The van der Waals surface area contributed by atoms with Crippen molar-refractivity contribution in [2.24, 2.45) is 0 Å². The van der Waals surface area contributed by atoms with Crippen LogP contribution in [0.5, 0.6) is 0 Å². The molecular formula is C12H14F5N. The average Bonchev–Trinajstić information content (AvgIpc) is 2.24. The smallest absolute Gasteiger partial charge is 0.300 e. The van der Waals surface area contributed by atoms with Gasteiger partial charge in [-0.3, -0.25) is 0 Å². The van der Waals surface area contributed by atoms with Gasteiger partial charge in [0, 0.05) is 11.6 Å². The molecule has 0 amide bonds. The van der Waals surface area contributed by atoms with Crippen molar-refractivity contribution < 1.29 is 22.0 Å². The van der Waals surface area contributed by atoms with E-state index in [2.05, 4.69) is 5.32 Å². The summed E-state index contributed by atoms with van der Waals surface area (Å²) in [5.41, 5.74) is -3.13. The molecule has 102 valence electrons. The monoisotopic (exact) mass is 267 g/mol. The number of halogens is 5. The number of hydrogen-bond acceptors (Lipinski definition) is 1. The lowest BCUT2D eigenvalue weighted by atomic mass is 9.90. The van der Waals surface area contributed by atoms with E-state index in [1.54, 1.807) is 6.92 Å². The largest absolute Gasteiger partial charge is 0.410 e. The summed E-state index contributed by atoms with van der Waals surface area (Å²) in [6, 6.07) is 2.09. The van der Waals surface area contributed by atoms with Gasteiger partial charge in [-0.15, -0.1) is 0 Å². The molecule has 1 rings (SSSR count). The zero-order valence-corrected chi connectivity index (χ0v) is 10.0. The summed E-state index contributed by atoms with van der Waals surface area (Å²) in [5.74, 6) is -2.12. The Labute approximate surface area is 102 Å². The van der Waals surface area contributed by atoms with Crippen molar-refractivity contribution in [2.75, 3.05) is 6.54 Å². The van der Waals surface area contributed by atoms with Gasteiger partial charge in [0.05, 0.1) is 0 Å². The number of nitrogens with one attached hydrogen (secondary N) is 1. The first-order valence-corrected chi connectivity index (χ1v) is 5.49. The lowest BCUT2D eigenvalue weighted by molar-refractivity contribution is -0.196. The second-order valence-electron chi connectivity index (χ2n) is 4.17. The highest BCUT2D eigenvalue weighted by Crippen LogP contribution is 2.39. The minimum Gasteiger partial charge on any atom is -0.300 e. The molecule has 1 aromatic rings. The van der Waals surface area contributed by atoms with E-state index in [9.17, 15) is 22.0 Å². The van der Waals surface area contributed by atoms with Gasteiger partial charge in [0.15, 0.2) is 0 Å². The van der Waals surface area contributed by atoms with Crippen molar-refractivity contribution in [3.8, 4) is 0 Å². The van der Waals surface area contributed by atoms with Gasteiger partial charge in [-0.1, -0.05) is 13.0 Å². The zero-order valence-electron chi connectivity index (χ0n) is 10.0. The molecule has 6 heteroatoms. The minimum atomic E-state index is -4.68. The van der Waals surface area contributed by atoms with Gasteiger partial charge in [-0.2, -0.15) is 13.2 Å². The summed E-state index contributed by atoms with van der Waals surface area (Å²) >= 11 is 0. The molecule has 0 saturated carbocycles. The normalized spacial score (nSPS) is 15.5. The molecule has 1 N–H and O–H groups in total. The van der Waals surface area contributed by atoms with Crippen LogP contribution in [0, 0.1) is 11.6 Å². The van der Waals surface area contributed by atoms with E-state index >= 15 is 0 Å². The predicted octanol–water partition coefficient (Wildman–Crippen LogP) is 3.74. The van der Waals surface area contributed by atoms with E-state index in [1.165, 1.54) is 0 Å². The zero-order chi connectivity index (χ0) is 14.0. The molecule has 0 radical (unpaired) electrons. The predicted molar refractivity (Wildman–Crippen MR) is 58.1 cm³/mol. The molecule has 0 saturated heterocycles. The lowest BCUT2D eigenvalue weighted by Crippen LogP contribution is -2.52. The molecule has 1 nitrogen and oxygen atoms in total. The fourth-order valence-electron chi connectivity index (χ4n) is 1.62. The molecule has 0 aromatic heterocycles. The van der Waals surface area contributed by atoms with Crippen LogP contribution in [0.1, 0.15) is 25.8 Å². The topological polar surface area (TPSA) is 12.0 Å². The van der Waals surface area contributed by atoms with E-state index < -0.39 is 28.9 Å². The molecule has 1 atom stereocenters. The Kier molecular flexibility index (Phi) is 4.32. The SMILES string of the molecule is CCCNC(C)(c1ccc(F)cc1F)C(F)(F)F. The minimum absolute atomic E-state index is 0.0762. The lowest BCUT2D eigenvalue weighted by Gasteiger charge is -2.33. The van der Waals surface area contributed by atoms with Gasteiger partial charge in [0.25, 0.3) is 0 Å². The molecular weight excluding hydrogens is 253 g/mol. The van der Waals surface area contributed by atoms with Crippen molar-refractivity contribution in [1.82, 2.24) is 5.32 Å². The molecule has 0 aliphatic rings. The Morgan fingerprint density at radius 1 is 1.17 bits per heavy atom. The number of rotatable bonds is 4. The van der Waals surface area contributed by atoms with Gasteiger partial charge >= 0.3 is 6.18 Å². The first kappa shape index (κ1) is 14.9. The van der Waals surface area contributed by atoms with Crippen LogP contribution in [0.3, 0.4) is 0 Å². The fourth-order valence-corrected chi connectivity index (χ4v) is 1.62. The van der Waals surface area contributed by atoms with Crippen molar-refractivity contribution in [1.29, 1.82) is 0 Å². The summed E-state index contributed by atoms with van der Waals surface area (Å²) in [7, 11) is 0. The van der Waals surface area contributed by atoms with Gasteiger partial charge < -0.3 is 5.32 Å². The third kappa shape index (κ3) is 2.80. The second-order valence-corrected chi connectivity index (χ2v) is 4.17. The van der Waals surface area contributed by atoms with E-state index in [0.29, 0.717) is 12.5 Å². The van der Waals surface area contributed by atoms with Crippen LogP contribution in [-0.4, -0.2) is 12.7 Å². The van der Waals surface area contributed by atoms with Gasteiger partial charge in [0.2, 0.25) is 0 Å². The highest BCUT2D eigenvalue weighted by atomic mass is 19.4. The van der Waals surface area contributed by atoms with Crippen LogP contribution < -0.4 is 5.32 Å². The Morgan fingerprint density at radius 3 is 2.22 bits per heavy atom. The van der Waals surface area contributed by atoms with Crippen LogP contribution in [0.15, 0.2) is 18.2 Å². The Morgan fingerprint density at radius 2 is 1.78 bits per heavy atom. The summed E-state index contributed by atoms with van der Waals surface area (Å²) in [6.45, 7) is 2.62. The van der Waals surface area contributed by atoms with Crippen LogP contribution in [0.25, 0.3) is 0 Å². The summed E-state index contributed by atoms with van der Waals surface area (Å²) in [6.07, 6.45) is -4.21. The molecule has 0 heterocycles. The molecule has 1 aromatic carbocycles. The van der Waals surface area contributed by atoms with Crippen molar-refractivity contribution >= 4 is 0 Å². The van der Waals surface area contributed by atoms with Crippen LogP contribution >= 0.6 is 0 Å². The van der Waals surface area contributed by atoms with E-state index in [0.717, 1.165) is 19.1 Å². The summed E-state index contributed by atoms with van der Waals surface area (Å²) in [4.78, 5) is 0. The number of hydrogen-bond donors (Lipinski definition) is 1. The second kappa shape index (κ2) is 5.22. The van der Waals surface area contributed by atoms with Crippen LogP contribution in [0.2, 0.25) is 0 Å². The first-order chi connectivity index (χ1) is 8.22. The van der Waals surface area contributed by atoms with E-state index in [-0.39, 0.29) is 6.54 Å². The van der Waals surface area contributed by atoms with Gasteiger partial charge in [-0.25, -0.2) is 8.78 Å². The van der Waals surface area contributed by atoms with Gasteiger partial charge in [-0.05, 0) is 26.0 Å². The third-order valence-corrected chi connectivity index (χ3v) is 2.77. The first-order valence-electron chi connectivity index (χ1n) is 5.49. The standard InChI is InChI=1S/C12H14F5N/c1-3-6-18-11(2,12(15,16)17)9-5-4-8(13)7-10(9)14/h4-5,7,18H,3,6H2,1-2H3. The Hall–Kier alpha value is -1.17. The molecule has 0 fully saturated rings. The van der Waals surface area contributed by atoms with Crippen LogP contribution in [0.4, 0.5) is 22.0 Å². The summed E-state index contributed by atoms with van der Waals surface area (Å²) in [5, 5.41) is 2.27. The van der Waals surface area contributed by atoms with Crippen molar-refractivity contribution in [2.45, 2.75) is 32.0 Å². The molecule has 1 unspecified atom stereocenters. The number of alkyl halides is 3. The highest BCUT2D eigenvalue weighted by molar-refractivity contribution is 5.28. The van der Waals surface area contributed by atoms with Crippen molar-refractivity contribution in [3.05, 3.63) is 35.4 Å². The average molecular weight is 267 g/mol. The maximum Gasteiger partial charge on any atom is 0.410 e. The fraction of sp³-hybridized carbons (Fsp3) is 0.500. The molecule has 0 spiro atoms. The molecule has 0 bridgehead atoms. The summed E-state index contributed by atoms with van der Waals surface area (Å²) < 4.78 is 65.5. The van der Waals surface area contributed by atoms with Crippen molar-refractivity contribution in [3.63, 3.8) is 0 Å². The maximum atomic E-state index is 13.5. The van der Waals surface area contributed by atoms with Gasteiger partial charge in [0.1, 0.15) is 17.2 Å². The Bertz CT molecular complexity index is 415. The molecule has 0 aliphatic carbocycles. The van der Waals surface area contributed by atoms with Crippen LogP contribution in [-0.2, 0) is 5.54 Å². The number of benzene rings is 1. The highest BCUT2D eigenvalue weighted by Gasteiger charge is 2.53. The molecule has 18 heavy (non-hydrogen) atoms. The third-order valence-electron chi connectivity index (χ3n) is 2.77. The Balaban J connectivity index is 3.26. The quantitative estimate of drug-likeness (QED) is 0.819.